The van der Waals surface area contributed by atoms with E-state index in [4.69, 9.17) is 9.47 Å². The van der Waals surface area contributed by atoms with Gasteiger partial charge in [-0.1, -0.05) is 121 Å². The third-order valence-corrected chi connectivity index (χ3v) is 7.89. The van der Waals surface area contributed by atoms with Gasteiger partial charge in [-0.05, 0) is 49.8 Å². The number of carbonyl (C=O) groups excluding carboxylic acids is 1. The van der Waals surface area contributed by atoms with E-state index < -0.39 is 6.29 Å². The molecule has 2 aromatic carbocycles. The topological polar surface area (TPSA) is 35.5 Å². The van der Waals surface area contributed by atoms with E-state index in [0.717, 1.165) is 49.0 Å². The molecule has 2 rings (SSSR count). The first-order valence-corrected chi connectivity index (χ1v) is 16.7. The molecule has 0 saturated heterocycles. The van der Waals surface area contributed by atoms with Crippen molar-refractivity contribution in [3.05, 3.63) is 65.7 Å². The van der Waals surface area contributed by atoms with Crippen molar-refractivity contribution >= 4 is 5.97 Å². The number of esters is 1. The molecule has 0 aromatic heterocycles. The second-order valence-electron chi connectivity index (χ2n) is 12.5. The van der Waals surface area contributed by atoms with Crippen LogP contribution in [0.1, 0.15) is 128 Å². The molecule has 0 saturated carbocycles. The summed E-state index contributed by atoms with van der Waals surface area (Å²) in [6, 6.07) is 19.0. The third-order valence-electron chi connectivity index (χ3n) is 7.89. The molecule has 0 radical (unpaired) electrons. The fourth-order valence-electron chi connectivity index (χ4n) is 5.43. The molecule has 2 aromatic rings. The highest BCUT2D eigenvalue weighted by Crippen LogP contribution is 2.19. The molecule has 4 nitrogen and oxygen atoms in total. The summed E-state index contributed by atoms with van der Waals surface area (Å²) in [5.41, 5.74) is 2.70. The number of carbonyl (C=O) groups is 1. The molecule has 0 bridgehead atoms. The number of hydrogen-bond donors (Lipinski definition) is 0. The van der Waals surface area contributed by atoms with E-state index in [1.807, 2.05) is 12.1 Å². The van der Waals surface area contributed by atoms with E-state index in [0.29, 0.717) is 12.8 Å². The van der Waals surface area contributed by atoms with Crippen molar-refractivity contribution in [2.24, 2.45) is 0 Å². The Morgan fingerprint density at radius 3 is 1.90 bits per heavy atom. The van der Waals surface area contributed by atoms with Gasteiger partial charge in [0.2, 0.25) is 6.29 Å². The molecule has 0 fully saturated rings. The predicted molar refractivity (Wildman–Crippen MR) is 173 cm³/mol. The average Bonchev–Trinajstić information content (AvgIpc) is 2.95. The van der Waals surface area contributed by atoms with E-state index in [9.17, 15) is 4.79 Å². The Bertz CT molecular complexity index is 910. The van der Waals surface area contributed by atoms with Gasteiger partial charge in [0, 0.05) is 18.4 Å². The van der Waals surface area contributed by atoms with Crippen molar-refractivity contribution in [1.29, 1.82) is 0 Å². The van der Waals surface area contributed by atoms with Gasteiger partial charge in [0.1, 0.15) is 12.3 Å². The molecule has 230 valence electrons. The van der Waals surface area contributed by atoms with Gasteiger partial charge in [-0.25, -0.2) is 0 Å². The fraction of sp³-hybridized carbons (Fsp3) is 0.649. The number of rotatable bonds is 24. The zero-order valence-electron chi connectivity index (χ0n) is 26.9. The highest BCUT2D eigenvalue weighted by molar-refractivity contribution is 5.69. The molecule has 0 spiro atoms. The number of ether oxygens (including phenoxy) is 2. The lowest BCUT2D eigenvalue weighted by molar-refractivity contribution is -0.903. The van der Waals surface area contributed by atoms with Gasteiger partial charge < -0.3 is 14.0 Å². The summed E-state index contributed by atoms with van der Waals surface area (Å²) in [5, 5.41) is 0. The molecule has 1 unspecified atom stereocenters. The average molecular weight is 567 g/mol. The summed E-state index contributed by atoms with van der Waals surface area (Å²) in [7, 11) is 4.50. The minimum absolute atomic E-state index is 0.162. The quantitative estimate of drug-likeness (QED) is 0.0549. The van der Waals surface area contributed by atoms with Crippen LogP contribution in [0.5, 0.6) is 5.75 Å². The summed E-state index contributed by atoms with van der Waals surface area (Å²) in [6.07, 6.45) is 19.5. The highest BCUT2D eigenvalue weighted by atomic mass is 16.7. The van der Waals surface area contributed by atoms with Crippen LogP contribution in [0.2, 0.25) is 0 Å². The third kappa shape index (κ3) is 17.3. The Morgan fingerprint density at radius 2 is 1.29 bits per heavy atom. The van der Waals surface area contributed by atoms with Crippen molar-refractivity contribution in [1.82, 2.24) is 0 Å². The molecule has 1 atom stereocenters. The van der Waals surface area contributed by atoms with Crippen LogP contribution >= 0.6 is 0 Å². The standard InChI is InChI=1S/C37H60NO3/c1-5-7-8-9-10-11-12-13-14-15-17-23-33-27-29-35(30-28-33)40-37(22-6-2)41-36(39)26-20-21-31-38(3,4)32-34-24-18-16-19-25-34/h16,18-19,24-25,27-30,37H,5-15,17,20-23,26,31-32H2,1-4H3/q+1. The first-order valence-electron chi connectivity index (χ1n) is 16.7. The first kappa shape index (κ1) is 34.9. The van der Waals surface area contributed by atoms with Crippen LogP contribution in [0.25, 0.3) is 0 Å². The zero-order valence-corrected chi connectivity index (χ0v) is 26.9. The van der Waals surface area contributed by atoms with Gasteiger partial charge in [0.25, 0.3) is 0 Å². The van der Waals surface area contributed by atoms with E-state index in [2.05, 4.69) is 70.4 Å². The predicted octanol–water partition coefficient (Wildman–Crippen LogP) is 10.0. The zero-order chi connectivity index (χ0) is 29.6. The molecule has 0 aliphatic rings. The van der Waals surface area contributed by atoms with Crippen LogP contribution in [0, 0.1) is 0 Å². The summed E-state index contributed by atoms with van der Waals surface area (Å²) in [4.78, 5) is 12.6. The van der Waals surface area contributed by atoms with Gasteiger partial charge in [0.05, 0.1) is 20.6 Å². The molecular weight excluding hydrogens is 506 g/mol. The lowest BCUT2D eigenvalue weighted by Crippen LogP contribution is -2.39. The van der Waals surface area contributed by atoms with Gasteiger partial charge in [-0.2, -0.15) is 0 Å². The number of aryl methyl sites for hydroxylation is 1. The van der Waals surface area contributed by atoms with Crippen molar-refractivity contribution in [2.45, 2.75) is 136 Å². The van der Waals surface area contributed by atoms with Crippen molar-refractivity contribution in [2.75, 3.05) is 20.6 Å². The van der Waals surface area contributed by atoms with Crippen LogP contribution in [-0.2, 0) is 22.5 Å². The highest BCUT2D eigenvalue weighted by Gasteiger charge is 2.18. The van der Waals surface area contributed by atoms with Crippen molar-refractivity contribution < 1.29 is 18.8 Å². The Morgan fingerprint density at radius 1 is 0.683 bits per heavy atom. The molecule has 0 aliphatic carbocycles. The van der Waals surface area contributed by atoms with E-state index >= 15 is 0 Å². The van der Waals surface area contributed by atoms with Crippen LogP contribution in [-0.4, -0.2) is 37.4 Å². The van der Waals surface area contributed by atoms with E-state index in [-0.39, 0.29) is 5.97 Å². The number of benzene rings is 2. The monoisotopic (exact) mass is 566 g/mol. The summed E-state index contributed by atoms with van der Waals surface area (Å²) < 4.78 is 12.7. The summed E-state index contributed by atoms with van der Waals surface area (Å²) in [5.74, 6) is 0.615. The van der Waals surface area contributed by atoms with Crippen LogP contribution in [0.3, 0.4) is 0 Å². The van der Waals surface area contributed by atoms with Crippen LogP contribution in [0.4, 0.5) is 0 Å². The summed E-state index contributed by atoms with van der Waals surface area (Å²) in [6.45, 7) is 6.40. The Balaban J connectivity index is 1.60. The maximum atomic E-state index is 12.6. The van der Waals surface area contributed by atoms with E-state index in [1.165, 1.54) is 81.8 Å². The summed E-state index contributed by atoms with van der Waals surface area (Å²) >= 11 is 0. The van der Waals surface area contributed by atoms with Crippen molar-refractivity contribution in [3.8, 4) is 5.75 Å². The van der Waals surface area contributed by atoms with Crippen molar-refractivity contribution in [3.63, 3.8) is 0 Å². The Kier molecular flexibility index (Phi) is 18.2. The van der Waals surface area contributed by atoms with Gasteiger partial charge >= 0.3 is 5.97 Å². The molecule has 41 heavy (non-hydrogen) atoms. The Labute approximate surface area is 252 Å². The number of quaternary nitrogens is 1. The second-order valence-corrected chi connectivity index (χ2v) is 12.5. The number of hydrogen-bond acceptors (Lipinski definition) is 3. The first-order chi connectivity index (χ1) is 19.9. The van der Waals surface area contributed by atoms with Gasteiger partial charge in [-0.15, -0.1) is 0 Å². The Hall–Kier alpha value is -2.33. The second kappa shape index (κ2) is 21.4. The van der Waals surface area contributed by atoms with Gasteiger partial charge in [-0.3, -0.25) is 4.79 Å². The number of nitrogens with zero attached hydrogens (tertiary/aromatic N) is 1. The maximum absolute atomic E-state index is 12.6. The molecule has 4 heteroatoms. The molecule has 0 amide bonds. The fourth-order valence-corrected chi connectivity index (χ4v) is 5.43. The van der Waals surface area contributed by atoms with E-state index in [1.54, 1.807) is 0 Å². The molecule has 0 N–H and O–H groups in total. The number of unbranched alkanes of at least 4 members (excludes halogenated alkanes) is 11. The normalized spacial score (nSPS) is 12.3. The smallest absolute Gasteiger partial charge is 0.308 e. The SMILES string of the molecule is CCCCCCCCCCCCCc1ccc(OC(CCC)OC(=O)CCCC[N+](C)(C)Cc2ccccc2)cc1. The lowest BCUT2D eigenvalue weighted by Gasteiger charge is -2.30. The molecular formula is C37H60NO3+. The van der Waals surface area contributed by atoms with Crippen LogP contribution < -0.4 is 4.74 Å². The largest absolute Gasteiger partial charge is 0.455 e. The maximum Gasteiger partial charge on any atom is 0.308 e. The molecule has 0 aliphatic heterocycles. The van der Waals surface area contributed by atoms with Gasteiger partial charge in [0.15, 0.2) is 0 Å². The minimum atomic E-state index is -0.518. The van der Waals surface area contributed by atoms with Crippen LogP contribution in [0.15, 0.2) is 54.6 Å². The minimum Gasteiger partial charge on any atom is -0.455 e. The lowest BCUT2D eigenvalue weighted by atomic mass is 10.0. The molecule has 0 heterocycles.